The van der Waals surface area contributed by atoms with Gasteiger partial charge in [-0.05, 0) is 55.9 Å². The molecule has 2 aromatic heterocycles. The Morgan fingerprint density at radius 3 is 2.79 bits per heavy atom. The van der Waals surface area contributed by atoms with Crippen LogP contribution in [-0.2, 0) is 0 Å². The summed E-state index contributed by atoms with van der Waals surface area (Å²) in [5.74, 6) is 1.04. The highest BCUT2D eigenvalue weighted by Crippen LogP contribution is 2.39. The van der Waals surface area contributed by atoms with Gasteiger partial charge in [-0.15, -0.1) is 16.6 Å². The third kappa shape index (κ3) is 2.86. The summed E-state index contributed by atoms with van der Waals surface area (Å²) in [6.45, 7) is 3.12. The standard InChI is InChI=1S/C21H22N6S/c1-14-8-9-16(27-22-10-11-23-27)18(13-14)26-12-4-6-17(26)21-24-15-5-3-7-19(28-2)20(15)25-21/h3,5,7-11,13,17H,4,6,12H2,1-2H3,(H,24,25)/t17-/m0/s1. The lowest BCUT2D eigenvalue weighted by Crippen LogP contribution is -2.25. The van der Waals surface area contributed by atoms with Gasteiger partial charge in [0.05, 0.1) is 29.6 Å². The Morgan fingerprint density at radius 1 is 1.11 bits per heavy atom. The van der Waals surface area contributed by atoms with Crippen LogP contribution >= 0.6 is 11.8 Å². The average molecular weight is 391 g/mol. The Labute approximate surface area is 168 Å². The lowest BCUT2D eigenvalue weighted by molar-refractivity contribution is 0.670. The van der Waals surface area contributed by atoms with E-state index in [1.807, 2.05) is 0 Å². The van der Waals surface area contributed by atoms with E-state index >= 15 is 0 Å². The molecule has 1 aliphatic heterocycles. The fourth-order valence-corrected chi connectivity index (χ4v) is 4.62. The van der Waals surface area contributed by atoms with Crippen LogP contribution in [0, 0.1) is 6.92 Å². The van der Waals surface area contributed by atoms with E-state index in [1.54, 1.807) is 29.0 Å². The number of nitrogens with zero attached hydrogens (tertiary/aromatic N) is 5. The molecule has 2 aromatic carbocycles. The van der Waals surface area contributed by atoms with Crippen molar-refractivity contribution in [2.45, 2.75) is 30.7 Å². The monoisotopic (exact) mass is 390 g/mol. The molecule has 5 rings (SSSR count). The number of nitrogens with one attached hydrogen (secondary N) is 1. The highest BCUT2D eigenvalue weighted by atomic mass is 32.2. The normalized spacial score (nSPS) is 16.9. The molecule has 0 bridgehead atoms. The summed E-state index contributed by atoms with van der Waals surface area (Å²) in [5, 5.41) is 8.71. The summed E-state index contributed by atoms with van der Waals surface area (Å²) < 4.78 is 0. The van der Waals surface area contributed by atoms with Crippen molar-refractivity contribution in [3.63, 3.8) is 0 Å². The molecule has 28 heavy (non-hydrogen) atoms. The fraction of sp³-hybridized carbons (Fsp3) is 0.286. The molecule has 1 atom stereocenters. The molecule has 0 amide bonds. The zero-order valence-corrected chi connectivity index (χ0v) is 16.8. The molecule has 1 aliphatic rings. The average Bonchev–Trinajstić information content (AvgIpc) is 3.46. The van der Waals surface area contributed by atoms with E-state index in [4.69, 9.17) is 4.98 Å². The Morgan fingerprint density at radius 2 is 1.96 bits per heavy atom. The van der Waals surface area contributed by atoms with Gasteiger partial charge in [-0.25, -0.2) is 4.98 Å². The molecule has 6 nitrogen and oxygen atoms in total. The van der Waals surface area contributed by atoms with Gasteiger partial charge in [-0.1, -0.05) is 12.1 Å². The maximum absolute atomic E-state index is 5.00. The van der Waals surface area contributed by atoms with Crippen molar-refractivity contribution in [2.75, 3.05) is 17.7 Å². The van der Waals surface area contributed by atoms with Gasteiger partial charge in [-0.3, -0.25) is 0 Å². The first-order chi connectivity index (χ1) is 13.7. The maximum Gasteiger partial charge on any atom is 0.130 e. The minimum Gasteiger partial charge on any atom is -0.360 e. The van der Waals surface area contributed by atoms with Crippen LogP contribution in [0.2, 0.25) is 0 Å². The highest BCUT2D eigenvalue weighted by molar-refractivity contribution is 7.98. The van der Waals surface area contributed by atoms with Crippen LogP contribution in [0.3, 0.4) is 0 Å². The maximum atomic E-state index is 5.00. The third-order valence-electron chi connectivity index (χ3n) is 5.36. The molecule has 0 unspecified atom stereocenters. The number of fused-ring (bicyclic) bond motifs is 1. The van der Waals surface area contributed by atoms with Crippen LogP contribution in [0.4, 0.5) is 5.69 Å². The van der Waals surface area contributed by atoms with Gasteiger partial charge >= 0.3 is 0 Å². The third-order valence-corrected chi connectivity index (χ3v) is 6.13. The van der Waals surface area contributed by atoms with Gasteiger partial charge in [0.15, 0.2) is 0 Å². The van der Waals surface area contributed by atoms with E-state index in [2.05, 4.69) is 69.7 Å². The molecule has 0 radical (unpaired) electrons. The Bertz CT molecular complexity index is 1120. The summed E-state index contributed by atoms with van der Waals surface area (Å²) in [5.41, 5.74) is 5.56. The molecule has 1 N–H and O–H groups in total. The molecule has 1 fully saturated rings. The minimum atomic E-state index is 0.221. The number of hydrogen-bond donors (Lipinski definition) is 1. The number of anilines is 1. The number of thioether (sulfide) groups is 1. The Hall–Kier alpha value is -2.80. The van der Waals surface area contributed by atoms with Crippen LogP contribution in [0.5, 0.6) is 0 Å². The number of imidazole rings is 1. The molecule has 0 saturated carbocycles. The van der Waals surface area contributed by atoms with E-state index in [0.717, 1.165) is 47.6 Å². The zero-order valence-electron chi connectivity index (χ0n) is 16.0. The summed E-state index contributed by atoms with van der Waals surface area (Å²) in [6, 6.07) is 13.0. The number of aromatic nitrogens is 5. The van der Waals surface area contributed by atoms with Crippen LogP contribution in [0.1, 0.15) is 30.3 Å². The molecule has 3 heterocycles. The second kappa shape index (κ2) is 6.98. The van der Waals surface area contributed by atoms with Crippen molar-refractivity contribution in [3.05, 3.63) is 60.2 Å². The predicted molar refractivity (Wildman–Crippen MR) is 113 cm³/mol. The summed E-state index contributed by atoms with van der Waals surface area (Å²) >= 11 is 1.74. The molecule has 4 aromatic rings. The van der Waals surface area contributed by atoms with Crippen molar-refractivity contribution < 1.29 is 0 Å². The van der Waals surface area contributed by atoms with Crippen molar-refractivity contribution in [3.8, 4) is 5.69 Å². The summed E-state index contributed by atoms with van der Waals surface area (Å²) in [4.78, 5) is 13.9. The molecule has 142 valence electrons. The lowest BCUT2D eigenvalue weighted by Gasteiger charge is -2.27. The van der Waals surface area contributed by atoms with Crippen LogP contribution < -0.4 is 4.90 Å². The number of rotatable bonds is 4. The number of para-hydroxylation sites is 1. The van der Waals surface area contributed by atoms with E-state index in [9.17, 15) is 0 Å². The smallest absolute Gasteiger partial charge is 0.130 e. The topological polar surface area (TPSA) is 62.6 Å². The molecule has 7 heteroatoms. The first-order valence-electron chi connectivity index (χ1n) is 9.51. The first kappa shape index (κ1) is 17.3. The fourth-order valence-electron chi connectivity index (χ4n) is 4.06. The van der Waals surface area contributed by atoms with Gasteiger partial charge in [-0.2, -0.15) is 10.2 Å². The summed E-state index contributed by atoms with van der Waals surface area (Å²) in [6.07, 6.45) is 7.75. The quantitative estimate of drug-likeness (QED) is 0.519. The number of hydrogen-bond acceptors (Lipinski definition) is 5. The van der Waals surface area contributed by atoms with Crippen molar-refractivity contribution in [1.29, 1.82) is 0 Å². The molecule has 1 saturated heterocycles. The van der Waals surface area contributed by atoms with Gasteiger partial charge in [0, 0.05) is 11.4 Å². The van der Waals surface area contributed by atoms with Gasteiger partial charge in [0.2, 0.25) is 0 Å². The second-order valence-electron chi connectivity index (χ2n) is 7.14. The number of aromatic amines is 1. The molecule has 0 aliphatic carbocycles. The molecular weight excluding hydrogens is 368 g/mol. The Kier molecular flexibility index (Phi) is 4.31. The van der Waals surface area contributed by atoms with Crippen LogP contribution in [-0.4, -0.2) is 37.8 Å². The van der Waals surface area contributed by atoms with Gasteiger partial charge < -0.3 is 9.88 Å². The SMILES string of the molecule is CSc1cccc2[nH]c([C@@H]3CCCN3c3cc(C)ccc3-n3nccn3)nc12. The summed E-state index contributed by atoms with van der Waals surface area (Å²) in [7, 11) is 0. The Balaban J connectivity index is 1.60. The predicted octanol–water partition coefficient (Wildman–Crippen LogP) is 4.52. The number of aryl methyl sites for hydroxylation is 1. The highest BCUT2D eigenvalue weighted by Gasteiger charge is 2.31. The van der Waals surface area contributed by atoms with Crippen molar-refractivity contribution in [1.82, 2.24) is 25.0 Å². The van der Waals surface area contributed by atoms with E-state index in [1.165, 1.54) is 10.5 Å². The lowest BCUT2D eigenvalue weighted by atomic mass is 10.1. The van der Waals surface area contributed by atoms with E-state index in [-0.39, 0.29) is 6.04 Å². The minimum absolute atomic E-state index is 0.221. The number of benzene rings is 2. The van der Waals surface area contributed by atoms with Crippen molar-refractivity contribution in [2.24, 2.45) is 0 Å². The number of H-pyrrole nitrogens is 1. The van der Waals surface area contributed by atoms with Crippen LogP contribution in [0.25, 0.3) is 16.7 Å². The first-order valence-corrected chi connectivity index (χ1v) is 10.7. The van der Waals surface area contributed by atoms with Gasteiger partial charge in [0.25, 0.3) is 0 Å². The van der Waals surface area contributed by atoms with E-state index < -0.39 is 0 Å². The second-order valence-corrected chi connectivity index (χ2v) is 7.99. The zero-order chi connectivity index (χ0) is 19.1. The van der Waals surface area contributed by atoms with Gasteiger partial charge in [0.1, 0.15) is 17.0 Å². The largest absolute Gasteiger partial charge is 0.360 e. The molecular formula is C21H22N6S. The van der Waals surface area contributed by atoms with Crippen LogP contribution in [0.15, 0.2) is 53.7 Å². The van der Waals surface area contributed by atoms with E-state index in [0.29, 0.717) is 0 Å². The van der Waals surface area contributed by atoms with Crippen molar-refractivity contribution >= 4 is 28.5 Å². The molecule has 0 spiro atoms.